The maximum absolute atomic E-state index is 5.63. The average Bonchev–Trinajstić information content (AvgIpc) is 1.69. The Bertz CT molecular complexity index is 46.1. The van der Waals surface area contributed by atoms with Gasteiger partial charge in [0, 0.05) is 0 Å². The van der Waals surface area contributed by atoms with Gasteiger partial charge in [0.1, 0.15) is 0 Å². The van der Waals surface area contributed by atoms with Crippen molar-refractivity contribution in [1.29, 1.82) is 0 Å². The molecule has 0 aromatic rings. The van der Waals surface area contributed by atoms with Gasteiger partial charge in [-0.25, -0.2) is 0 Å². The van der Waals surface area contributed by atoms with E-state index in [-0.39, 0.29) is 0 Å². The molecule has 0 heterocycles. The van der Waals surface area contributed by atoms with Gasteiger partial charge in [-0.3, -0.25) is 0 Å². The van der Waals surface area contributed by atoms with Gasteiger partial charge in [-0.05, 0) is 0 Å². The van der Waals surface area contributed by atoms with E-state index < -0.39 is 0 Å². The molecule has 0 spiro atoms. The largest absolute Gasteiger partial charge is 0.0774 e. The summed E-state index contributed by atoms with van der Waals surface area (Å²) in [7, 11) is 5.63. The number of rotatable bonds is 0. The van der Waals surface area contributed by atoms with Crippen LogP contribution >= 0.6 is 0 Å². The molecule has 0 N–H and O–H groups in total. The van der Waals surface area contributed by atoms with Gasteiger partial charge in [0.15, 0.2) is 0 Å². The van der Waals surface area contributed by atoms with E-state index in [9.17, 15) is 0 Å². The van der Waals surface area contributed by atoms with Crippen LogP contribution in [0.5, 0.6) is 0 Å². The SMILES string of the molecule is [B]C1CCCCC1. The summed E-state index contributed by atoms with van der Waals surface area (Å²) in [5.74, 6) is 0.536. The molecule has 0 saturated heterocycles. The summed E-state index contributed by atoms with van der Waals surface area (Å²) in [6.45, 7) is 0. The predicted molar refractivity (Wildman–Crippen MR) is 32.6 cm³/mol. The van der Waals surface area contributed by atoms with Crippen molar-refractivity contribution in [2.45, 2.75) is 37.9 Å². The molecule has 0 atom stereocenters. The smallest absolute Gasteiger partial charge is 0.0699 e. The van der Waals surface area contributed by atoms with Crippen LogP contribution in [0, 0.1) is 0 Å². The third-order valence-corrected chi connectivity index (χ3v) is 1.65. The van der Waals surface area contributed by atoms with Gasteiger partial charge in [-0.2, -0.15) is 0 Å². The van der Waals surface area contributed by atoms with Crippen LogP contribution in [0.3, 0.4) is 0 Å². The van der Waals surface area contributed by atoms with Crippen molar-refractivity contribution >= 4 is 7.85 Å². The molecule has 1 saturated carbocycles. The van der Waals surface area contributed by atoms with Crippen molar-refractivity contribution in [3.05, 3.63) is 0 Å². The van der Waals surface area contributed by atoms with Crippen molar-refractivity contribution in [1.82, 2.24) is 0 Å². The second kappa shape index (κ2) is 2.39. The normalized spacial score (nSPS) is 25.1. The fraction of sp³-hybridized carbons (Fsp3) is 1.00. The molecule has 2 radical (unpaired) electrons. The van der Waals surface area contributed by atoms with E-state index in [4.69, 9.17) is 7.85 Å². The highest BCUT2D eigenvalue weighted by molar-refractivity contribution is 6.11. The molecule has 0 nitrogen and oxygen atoms in total. The standard InChI is InChI=1S/C6H11B/c7-6-4-2-1-3-5-6/h6H,1-5H2. The quantitative estimate of drug-likeness (QED) is 0.402. The Hall–Kier alpha value is 0.0649. The minimum atomic E-state index is 0.536. The van der Waals surface area contributed by atoms with Gasteiger partial charge in [0.05, 0.1) is 7.85 Å². The first-order valence-electron chi connectivity index (χ1n) is 3.15. The lowest BCUT2D eigenvalue weighted by atomic mass is 9.76. The topological polar surface area (TPSA) is 0 Å². The Morgan fingerprint density at radius 1 is 1.00 bits per heavy atom. The van der Waals surface area contributed by atoms with Crippen molar-refractivity contribution in [3.63, 3.8) is 0 Å². The average molecular weight is 94.0 g/mol. The molecular weight excluding hydrogens is 82.9 g/mol. The summed E-state index contributed by atoms with van der Waals surface area (Å²) >= 11 is 0. The van der Waals surface area contributed by atoms with Crippen LogP contribution in [0.2, 0.25) is 5.82 Å². The lowest BCUT2D eigenvalue weighted by Gasteiger charge is -2.15. The monoisotopic (exact) mass is 94.1 g/mol. The van der Waals surface area contributed by atoms with E-state index in [1.54, 1.807) is 0 Å². The summed E-state index contributed by atoms with van der Waals surface area (Å²) in [6.07, 6.45) is 6.66. The highest BCUT2D eigenvalue weighted by Gasteiger charge is 2.05. The van der Waals surface area contributed by atoms with Gasteiger partial charge >= 0.3 is 0 Å². The molecule has 0 unspecified atom stereocenters. The van der Waals surface area contributed by atoms with Crippen LogP contribution in [0.15, 0.2) is 0 Å². The lowest BCUT2D eigenvalue weighted by molar-refractivity contribution is 0.504. The first-order valence-corrected chi connectivity index (χ1v) is 3.15. The van der Waals surface area contributed by atoms with Crippen LogP contribution in [-0.4, -0.2) is 7.85 Å². The van der Waals surface area contributed by atoms with E-state index in [0.29, 0.717) is 5.82 Å². The van der Waals surface area contributed by atoms with Gasteiger partial charge in [0.25, 0.3) is 0 Å². The van der Waals surface area contributed by atoms with Crippen LogP contribution in [-0.2, 0) is 0 Å². The molecular formula is C6H11B. The van der Waals surface area contributed by atoms with Crippen LogP contribution < -0.4 is 0 Å². The molecule has 38 valence electrons. The molecule has 0 aromatic heterocycles. The second-order valence-corrected chi connectivity index (χ2v) is 2.40. The molecule has 1 aliphatic rings. The van der Waals surface area contributed by atoms with Gasteiger partial charge < -0.3 is 0 Å². The Morgan fingerprint density at radius 3 is 1.86 bits per heavy atom. The van der Waals surface area contributed by atoms with E-state index in [1.165, 1.54) is 32.1 Å². The number of hydrogen-bond acceptors (Lipinski definition) is 0. The highest BCUT2D eigenvalue weighted by atomic mass is 14.1. The highest BCUT2D eigenvalue weighted by Crippen LogP contribution is 2.24. The molecule has 0 aliphatic heterocycles. The Labute approximate surface area is 46.7 Å². The van der Waals surface area contributed by atoms with Crippen molar-refractivity contribution in [2.75, 3.05) is 0 Å². The molecule has 1 heteroatoms. The fourth-order valence-electron chi connectivity index (χ4n) is 1.13. The van der Waals surface area contributed by atoms with Gasteiger partial charge in [-0.1, -0.05) is 37.9 Å². The van der Waals surface area contributed by atoms with E-state index in [0.717, 1.165) is 0 Å². The fourth-order valence-corrected chi connectivity index (χ4v) is 1.13. The minimum Gasteiger partial charge on any atom is -0.0774 e. The predicted octanol–water partition coefficient (Wildman–Crippen LogP) is 1.91. The molecule has 1 fully saturated rings. The lowest BCUT2D eigenvalue weighted by Crippen LogP contribution is -1.98. The van der Waals surface area contributed by atoms with Crippen LogP contribution in [0.1, 0.15) is 32.1 Å². The molecule has 1 rings (SSSR count). The molecule has 1 aliphatic carbocycles. The molecule has 7 heavy (non-hydrogen) atoms. The Kier molecular flexibility index (Phi) is 1.78. The Morgan fingerprint density at radius 2 is 1.57 bits per heavy atom. The summed E-state index contributed by atoms with van der Waals surface area (Å²) in [4.78, 5) is 0. The summed E-state index contributed by atoms with van der Waals surface area (Å²) < 4.78 is 0. The second-order valence-electron chi connectivity index (χ2n) is 2.40. The summed E-state index contributed by atoms with van der Waals surface area (Å²) in [5.41, 5.74) is 0. The first kappa shape index (κ1) is 5.21. The third kappa shape index (κ3) is 1.54. The maximum Gasteiger partial charge on any atom is 0.0699 e. The van der Waals surface area contributed by atoms with Crippen LogP contribution in [0.4, 0.5) is 0 Å². The third-order valence-electron chi connectivity index (χ3n) is 1.65. The van der Waals surface area contributed by atoms with E-state index in [1.807, 2.05) is 0 Å². The molecule has 0 bridgehead atoms. The van der Waals surface area contributed by atoms with E-state index >= 15 is 0 Å². The van der Waals surface area contributed by atoms with Crippen LogP contribution in [0.25, 0.3) is 0 Å². The van der Waals surface area contributed by atoms with Crippen molar-refractivity contribution in [2.24, 2.45) is 0 Å². The molecule has 0 amide bonds. The van der Waals surface area contributed by atoms with Gasteiger partial charge in [-0.15, -0.1) is 0 Å². The minimum absolute atomic E-state index is 0.536. The summed E-state index contributed by atoms with van der Waals surface area (Å²) in [6, 6.07) is 0. The van der Waals surface area contributed by atoms with E-state index in [2.05, 4.69) is 0 Å². The van der Waals surface area contributed by atoms with Crippen molar-refractivity contribution < 1.29 is 0 Å². The summed E-state index contributed by atoms with van der Waals surface area (Å²) in [5, 5.41) is 0. The zero-order valence-corrected chi connectivity index (χ0v) is 4.69. The number of hydrogen-bond donors (Lipinski definition) is 0. The molecule has 0 aromatic carbocycles. The van der Waals surface area contributed by atoms with Gasteiger partial charge in [0.2, 0.25) is 0 Å². The maximum atomic E-state index is 5.63. The van der Waals surface area contributed by atoms with Crippen molar-refractivity contribution in [3.8, 4) is 0 Å². The Balaban J connectivity index is 2.12. The first-order chi connectivity index (χ1) is 3.39. The zero-order chi connectivity index (χ0) is 5.11. The zero-order valence-electron chi connectivity index (χ0n) is 4.69.